The predicted octanol–water partition coefficient (Wildman–Crippen LogP) is 2.61. The van der Waals surface area contributed by atoms with E-state index in [1.807, 2.05) is 31.7 Å². The minimum Gasteiger partial charge on any atom is -0.371 e. The van der Waals surface area contributed by atoms with E-state index in [0.29, 0.717) is 16.3 Å². The predicted molar refractivity (Wildman–Crippen MR) is 133 cm³/mol. The summed E-state index contributed by atoms with van der Waals surface area (Å²) >= 11 is 0. The Kier molecular flexibility index (Phi) is 6.00. The third-order valence-electron chi connectivity index (χ3n) is 6.46. The molecule has 0 radical (unpaired) electrons. The van der Waals surface area contributed by atoms with E-state index in [1.54, 1.807) is 6.07 Å². The lowest BCUT2D eigenvalue weighted by atomic mass is 10.0. The van der Waals surface area contributed by atoms with Crippen molar-refractivity contribution in [2.75, 3.05) is 36.9 Å². The molecule has 5 rings (SSSR count). The van der Waals surface area contributed by atoms with Gasteiger partial charge in [-0.05, 0) is 37.3 Å². The molecular weight excluding hydrogens is 468 g/mol. The average molecular weight is 494 g/mol. The van der Waals surface area contributed by atoms with Gasteiger partial charge in [0, 0.05) is 45.7 Å². The van der Waals surface area contributed by atoms with Crippen LogP contribution in [0.15, 0.2) is 47.3 Å². The number of aromatic nitrogens is 4. The van der Waals surface area contributed by atoms with E-state index >= 15 is 0 Å². The van der Waals surface area contributed by atoms with Crippen molar-refractivity contribution < 1.29 is 13.6 Å². The van der Waals surface area contributed by atoms with Crippen LogP contribution in [-0.2, 0) is 7.05 Å². The van der Waals surface area contributed by atoms with Gasteiger partial charge in [0.25, 0.3) is 11.5 Å². The zero-order valence-corrected chi connectivity index (χ0v) is 20.0. The first-order chi connectivity index (χ1) is 17.2. The second kappa shape index (κ2) is 9.15. The number of amides is 1. The van der Waals surface area contributed by atoms with Gasteiger partial charge in [0.05, 0.1) is 16.9 Å². The topological polar surface area (TPSA) is 97.1 Å². The summed E-state index contributed by atoms with van der Waals surface area (Å²) < 4.78 is 31.1. The Labute approximate surface area is 205 Å². The second-order valence-electron chi connectivity index (χ2n) is 8.95. The van der Waals surface area contributed by atoms with Gasteiger partial charge in [-0.1, -0.05) is 6.07 Å². The molecule has 9 nitrogen and oxygen atoms in total. The number of aryl methyl sites for hydroxylation is 2. The number of para-hydroxylation sites is 1. The van der Waals surface area contributed by atoms with E-state index in [-0.39, 0.29) is 5.69 Å². The Bertz CT molecular complexity index is 1520. The van der Waals surface area contributed by atoms with E-state index in [4.69, 9.17) is 4.98 Å². The van der Waals surface area contributed by atoms with Crippen LogP contribution in [-0.4, -0.2) is 51.9 Å². The minimum atomic E-state index is -0.965. The lowest BCUT2D eigenvalue weighted by Crippen LogP contribution is -2.47. The van der Waals surface area contributed by atoms with Crippen LogP contribution in [0.2, 0.25) is 0 Å². The van der Waals surface area contributed by atoms with Gasteiger partial charge in [-0.15, -0.1) is 0 Å². The summed E-state index contributed by atoms with van der Waals surface area (Å²) in [7, 11) is 3.88. The third kappa shape index (κ3) is 4.11. The maximum absolute atomic E-state index is 14.3. The summed E-state index contributed by atoms with van der Waals surface area (Å²) in [5.74, 6) is -1.26. The lowest BCUT2D eigenvalue weighted by Gasteiger charge is -2.33. The van der Waals surface area contributed by atoms with E-state index in [0.717, 1.165) is 60.4 Å². The second-order valence-corrected chi connectivity index (χ2v) is 8.95. The van der Waals surface area contributed by atoms with Crippen molar-refractivity contribution >= 4 is 28.3 Å². The van der Waals surface area contributed by atoms with Gasteiger partial charge in [-0.2, -0.15) is 9.78 Å². The van der Waals surface area contributed by atoms with Gasteiger partial charge in [0.2, 0.25) is 0 Å². The van der Waals surface area contributed by atoms with Crippen LogP contribution in [0.1, 0.15) is 16.3 Å². The molecule has 2 N–H and O–H groups in total. The van der Waals surface area contributed by atoms with Gasteiger partial charge >= 0.3 is 0 Å². The normalized spacial score (nSPS) is 13.6. The molecule has 0 atom stereocenters. The molecule has 0 spiro atoms. The fraction of sp³-hybridized carbons (Fsp3) is 0.280. The van der Waals surface area contributed by atoms with E-state index in [2.05, 4.69) is 20.6 Å². The highest BCUT2D eigenvalue weighted by molar-refractivity contribution is 6.08. The van der Waals surface area contributed by atoms with Crippen LogP contribution in [0.25, 0.3) is 16.7 Å². The number of nitrogens with one attached hydrogen (secondary N) is 2. The molecule has 4 aromatic rings. The summed E-state index contributed by atoms with van der Waals surface area (Å²) in [6.07, 6.45) is 0. The van der Waals surface area contributed by atoms with E-state index in [9.17, 15) is 18.4 Å². The number of benzene rings is 2. The zero-order chi connectivity index (χ0) is 25.6. The van der Waals surface area contributed by atoms with Gasteiger partial charge in [-0.25, -0.2) is 13.8 Å². The van der Waals surface area contributed by atoms with Crippen molar-refractivity contribution in [2.45, 2.75) is 6.92 Å². The molecule has 1 fully saturated rings. The van der Waals surface area contributed by atoms with Crippen molar-refractivity contribution in [1.82, 2.24) is 24.6 Å². The molecule has 11 heteroatoms. The number of carbonyl (C=O) groups excluding carboxylic acids is 1. The Morgan fingerprint density at radius 1 is 1.17 bits per heavy atom. The van der Waals surface area contributed by atoms with Gasteiger partial charge in [0.15, 0.2) is 11.6 Å². The molecular formula is C25H25F2N7O2. The summed E-state index contributed by atoms with van der Waals surface area (Å²) in [6, 6.07) is 9.15. The number of hydrogen-bond donors (Lipinski definition) is 2. The van der Waals surface area contributed by atoms with Crippen molar-refractivity contribution in [3.63, 3.8) is 0 Å². The van der Waals surface area contributed by atoms with Gasteiger partial charge in [0.1, 0.15) is 22.7 Å². The number of hydrogen-bond acceptors (Lipinski definition) is 6. The highest BCUT2D eigenvalue weighted by Crippen LogP contribution is 2.35. The number of nitrogens with zero attached hydrogens (tertiary/aromatic N) is 5. The fourth-order valence-corrected chi connectivity index (χ4v) is 4.37. The van der Waals surface area contributed by atoms with Crippen LogP contribution >= 0.6 is 0 Å². The average Bonchev–Trinajstić information content (AvgIpc) is 3.10. The van der Waals surface area contributed by atoms with Gasteiger partial charge in [-0.3, -0.25) is 9.59 Å². The number of halogens is 2. The number of imidazole rings is 1. The fourth-order valence-electron chi connectivity index (χ4n) is 4.37. The number of anilines is 2. The first kappa shape index (κ1) is 23.6. The Balaban J connectivity index is 1.53. The number of rotatable bonds is 6. The van der Waals surface area contributed by atoms with E-state index in [1.165, 1.54) is 12.1 Å². The van der Waals surface area contributed by atoms with Crippen molar-refractivity contribution in [2.24, 2.45) is 13.0 Å². The zero-order valence-electron chi connectivity index (χ0n) is 20.0. The summed E-state index contributed by atoms with van der Waals surface area (Å²) in [4.78, 5) is 32.3. The van der Waals surface area contributed by atoms with Crippen molar-refractivity contribution in [3.05, 3.63) is 76.0 Å². The highest BCUT2D eigenvalue weighted by atomic mass is 19.1. The SMILES string of the molecule is Cc1nc2c(N(C)CC3CNC3)c(NC(=O)c3ccc(=O)n(-c4c(F)cccc4F)n3)ccc2n1C. The molecule has 186 valence electrons. The molecule has 1 amide bonds. The maximum atomic E-state index is 14.3. The third-order valence-corrected chi connectivity index (χ3v) is 6.46. The monoisotopic (exact) mass is 493 g/mol. The standard InChI is InChI=1S/C25H25F2N7O2/c1-14-29-22-20(33(14)3)9-7-18(24(22)32(2)13-15-11-28-12-15)30-25(36)19-8-10-21(35)34(31-19)23-16(26)5-4-6-17(23)27/h4-10,15,28H,11-13H2,1-3H3,(H,30,36). The van der Waals surface area contributed by atoms with Crippen LogP contribution in [0, 0.1) is 24.5 Å². The molecule has 0 aliphatic carbocycles. The van der Waals surface area contributed by atoms with Gasteiger partial charge < -0.3 is 20.1 Å². The first-order valence-electron chi connectivity index (χ1n) is 11.5. The van der Waals surface area contributed by atoms with Crippen molar-refractivity contribution in [3.8, 4) is 5.69 Å². The maximum Gasteiger partial charge on any atom is 0.276 e. The Morgan fingerprint density at radius 3 is 2.56 bits per heavy atom. The molecule has 36 heavy (non-hydrogen) atoms. The molecule has 2 aromatic heterocycles. The van der Waals surface area contributed by atoms with Crippen LogP contribution in [0.4, 0.5) is 20.2 Å². The largest absolute Gasteiger partial charge is 0.371 e. The highest BCUT2D eigenvalue weighted by Gasteiger charge is 2.24. The number of carbonyl (C=O) groups is 1. The lowest BCUT2D eigenvalue weighted by molar-refractivity contribution is 0.102. The summed E-state index contributed by atoms with van der Waals surface area (Å²) in [5.41, 5.74) is 1.34. The van der Waals surface area contributed by atoms with Crippen molar-refractivity contribution in [1.29, 1.82) is 0 Å². The first-order valence-corrected chi connectivity index (χ1v) is 11.5. The number of fused-ring (bicyclic) bond motifs is 1. The summed E-state index contributed by atoms with van der Waals surface area (Å²) in [5, 5.41) is 10.1. The molecule has 0 saturated carbocycles. The summed E-state index contributed by atoms with van der Waals surface area (Å²) in [6.45, 7) is 4.51. The molecule has 3 heterocycles. The van der Waals surface area contributed by atoms with Crippen LogP contribution in [0.5, 0.6) is 0 Å². The minimum absolute atomic E-state index is 0.175. The molecule has 1 saturated heterocycles. The molecule has 0 bridgehead atoms. The Hall–Kier alpha value is -4.12. The molecule has 1 aliphatic heterocycles. The Morgan fingerprint density at radius 2 is 1.89 bits per heavy atom. The quantitative estimate of drug-likeness (QED) is 0.429. The smallest absolute Gasteiger partial charge is 0.276 e. The van der Waals surface area contributed by atoms with Crippen LogP contribution in [0.3, 0.4) is 0 Å². The molecule has 1 aliphatic rings. The molecule has 2 aromatic carbocycles. The molecule has 0 unspecified atom stereocenters. The van der Waals surface area contributed by atoms with E-state index < -0.39 is 28.8 Å². The van der Waals surface area contributed by atoms with Crippen LogP contribution < -0.4 is 21.1 Å².